The van der Waals surface area contributed by atoms with Gasteiger partial charge in [0.05, 0.1) is 0 Å². The molecule has 30 heavy (non-hydrogen) atoms. The minimum Gasteiger partial charge on any atom is -0.444 e. The Balaban J connectivity index is 0.00000450. The van der Waals surface area contributed by atoms with Gasteiger partial charge in [0, 0.05) is 59.1 Å². The maximum Gasteiger partial charge on any atom is 0.407 e. The number of anilines is 1. The van der Waals surface area contributed by atoms with Crippen molar-refractivity contribution in [1.29, 1.82) is 0 Å². The number of guanidine groups is 1. The van der Waals surface area contributed by atoms with Gasteiger partial charge in [-0.1, -0.05) is 0 Å². The van der Waals surface area contributed by atoms with Crippen LogP contribution in [0.2, 0.25) is 0 Å². The first-order valence-corrected chi connectivity index (χ1v) is 10.1. The van der Waals surface area contributed by atoms with Crippen LogP contribution >= 0.6 is 24.0 Å². The Morgan fingerprint density at radius 1 is 1.17 bits per heavy atom. The molecule has 1 aliphatic heterocycles. The molecule has 10 heteroatoms. The molecule has 0 aliphatic carbocycles. The summed E-state index contributed by atoms with van der Waals surface area (Å²) in [6, 6.07) is 4.12. The van der Waals surface area contributed by atoms with Gasteiger partial charge in [-0.25, -0.2) is 9.78 Å². The standard InChI is InChI=1S/C20H35N7O2.HI/c1-20(2,3)29-19(28)24-9-8-23-18(21-4)25-15-16-6-7-22-17(14-16)27-12-10-26(5)11-13-27;/h6-7,14H,8-13,15H2,1-5H3,(H,24,28)(H2,21,23,25);1H. The van der Waals surface area contributed by atoms with E-state index in [9.17, 15) is 4.79 Å². The average Bonchev–Trinajstić information content (AvgIpc) is 2.67. The zero-order valence-electron chi connectivity index (χ0n) is 18.7. The first-order chi connectivity index (χ1) is 13.8. The molecule has 0 bridgehead atoms. The molecule has 0 radical (unpaired) electrons. The summed E-state index contributed by atoms with van der Waals surface area (Å²) in [7, 11) is 3.87. The molecule has 170 valence electrons. The molecule has 0 unspecified atom stereocenters. The van der Waals surface area contributed by atoms with Gasteiger partial charge < -0.3 is 30.5 Å². The van der Waals surface area contributed by atoms with Crippen molar-refractivity contribution in [2.45, 2.75) is 32.9 Å². The van der Waals surface area contributed by atoms with Crippen molar-refractivity contribution in [3.63, 3.8) is 0 Å². The number of rotatable bonds is 6. The van der Waals surface area contributed by atoms with Crippen LogP contribution in [0.4, 0.5) is 10.6 Å². The number of halogens is 1. The van der Waals surface area contributed by atoms with E-state index in [1.807, 2.05) is 33.0 Å². The number of nitrogens with zero attached hydrogens (tertiary/aromatic N) is 4. The summed E-state index contributed by atoms with van der Waals surface area (Å²) in [6.07, 6.45) is 1.43. The van der Waals surface area contributed by atoms with E-state index in [2.05, 4.69) is 48.8 Å². The lowest BCUT2D eigenvalue weighted by Gasteiger charge is -2.33. The maximum atomic E-state index is 11.6. The van der Waals surface area contributed by atoms with Crippen molar-refractivity contribution in [1.82, 2.24) is 25.8 Å². The lowest BCUT2D eigenvalue weighted by Crippen LogP contribution is -2.44. The monoisotopic (exact) mass is 533 g/mol. The SMILES string of the molecule is CN=C(NCCNC(=O)OC(C)(C)C)NCc1ccnc(N2CCN(C)CC2)c1.I. The van der Waals surface area contributed by atoms with Crippen LogP contribution in [-0.4, -0.2) is 80.9 Å². The molecule has 1 aromatic heterocycles. The molecule has 0 aromatic carbocycles. The Bertz CT molecular complexity index is 686. The Morgan fingerprint density at radius 2 is 1.83 bits per heavy atom. The molecule has 1 aliphatic rings. The number of nitrogens with one attached hydrogen (secondary N) is 3. The predicted molar refractivity (Wildman–Crippen MR) is 132 cm³/mol. The number of piperazine rings is 1. The predicted octanol–water partition coefficient (Wildman–Crippen LogP) is 1.64. The van der Waals surface area contributed by atoms with Gasteiger partial charge in [-0.2, -0.15) is 0 Å². The van der Waals surface area contributed by atoms with E-state index in [1.54, 1.807) is 7.05 Å². The molecule has 1 aromatic rings. The van der Waals surface area contributed by atoms with Gasteiger partial charge in [0.2, 0.25) is 0 Å². The number of pyridine rings is 1. The lowest BCUT2D eigenvalue weighted by molar-refractivity contribution is 0.0529. The maximum absolute atomic E-state index is 11.6. The first kappa shape index (κ1) is 26.2. The number of aromatic nitrogens is 1. The van der Waals surface area contributed by atoms with E-state index >= 15 is 0 Å². The Morgan fingerprint density at radius 3 is 2.47 bits per heavy atom. The Labute approximate surface area is 197 Å². The number of amides is 1. The van der Waals surface area contributed by atoms with Gasteiger partial charge in [-0.15, -0.1) is 24.0 Å². The fraction of sp³-hybridized carbons (Fsp3) is 0.650. The van der Waals surface area contributed by atoms with Gasteiger partial charge >= 0.3 is 6.09 Å². The first-order valence-electron chi connectivity index (χ1n) is 10.1. The summed E-state index contributed by atoms with van der Waals surface area (Å²) < 4.78 is 5.21. The molecule has 3 N–H and O–H groups in total. The largest absolute Gasteiger partial charge is 0.444 e. The Hall–Kier alpha value is -1.82. The van der Waals surface area contributed by atoms with Crippen molar-refractivity contribution in [2.75, 3.05) is 58.3 Å². The molecule has 0 saturated carbocycles. The highest BCUT2D eigenvalue weighted by Gasteiger charge is 2.16. The molecule has 2 heterocycles. The van der Waals surface area contributed by atoms with Crippen molar-refractivity contribution in [2.24, 2.45) is 4.99 Å². The smallest absolute Gasteiger partial charge is 0.407 e. The number of hydrogen-bond acceptors (Lipinski definition) is 6. The average molecular weight is 533 g/mol. The molecule has 9 nitrogen and oxygen atoms in total. The molecule has 0 atom stereocenters. The van der Waals surface area contributed by atoms with Gasteiger partial charge in [-0.05, 0) is 45.5 Å². The Kier molecular flexibility index (Phi) is 11.2. The van der Waals surface area contributed by atoms with Crippen LogP contribution in [0.25, 0.3) is 0 Å². The highest BCUT2D eigenvalue weighted by molar-refractivity contribution is 14.0. The third kappa shape index (κ3) is 9.79. The second-order valence-corrected chi connectivity index (χ2v) is 8.09. The van der Waals surface area contributed by atoms with Crippen molar-refractivity contribution in [3.8, 4) is 0 Å². The summed E-state index contributed by atoms with van der Waals surface area (Å²) in [5, 5.41) is 9.18. The number of ether oxygens (including phenoxy) is 1. The van der Waals surface area contributed by atoms with Crippen LogP contribution in [-0.2, 0) is 11.3 Å². The quantitative estimate of drug-likeness (QED) is 0.222. The van der Waals surface area contributed by atoms with E-state index in [4.69, 9.17) is 4.74 Å². The van der Waals surface area contributed by atoms with E-state index < -0.39 is 11.7 Å². The lowest BCUT2D eigenvalue weighted by atomic mass is 10.2. The van der Waals surface area contributed by atoms with Crippen molar-refractivity contribution >= 4 is 41.8 Å². The van der Waals surface area contributed by atoms with Crippen LogP contribution in [0.3, 0.4) is 0 Å². The molecule has 1 saturated heterocycles. The minimum atomic E-state index is -0.497. The van der Waals surface area contributed by atoms with E-state index in [1.165, 1.54) is 0 Å². The number of hydrogen-bond donors (Lipinski definition) is 3. The number of carbonyl (C=O) groups excluding carboxylic acids is 1. The van der Waals surface area contributed by atoms with E-state index in [0.717, 1.165) is 37.6 Å². The molecule has 1 amide bonds. The fourth-order valence-corrected chi connectivity index (χ4v) is 2.85. The summed E-state index contributed by atoms with van der Waals surface area (Å²) in [5.41, 5.74) is 0.645. The number of aliphatic imine (C=N–C) groups is 1. The zero-order chi connectivity index (χ0) is 21.3. The van der Waals surface area contributed by atoms with E-state index in [0.29, 0.717) is 25.6 Å². The van der Waals surface area contributed by atoms with Crippen LogP contribution < -0.4 is 20.9 Å². The second kappa shape index (κ2) is 12.8. The van der Waals surface area contributed by atoms with Crippen LogP contribution in [0.1, 0.15) is 26.3 Å². The van der Waals surface area contributed by atoms with Crippen LogP contribution in [0.5, 0.6) is 0 Å². The number of alkyl carbamates (subject to hydrolysis) is 1. The van der Waals surface area contributed by atoms with Crippen LogP contribution in [0.15, 0.2) is 23.3 Å². The summed E-state index contributed by atoms with van der Waals surface area (Å²) >= 11 is 0. The highest BCUT2D eigenvalue weighted by Crippen LogP contribution is 2.14. The van der Waals surface area contributed by atoms with Gasteiger partial charge in [0.25, 0.3) is 0 Å². The summed E-state index contributed by atoms with van der Waals surface area (Å²) in [5.74, 6) is 1.69. The van der Waals surface area contributed by atoms with E-state index in [-0.39, 0.29) is 24.0 Å². The molecular weight excluding hydrogens is 497 g/mol. The van der Waals surface area contributed by atoms with Crippen LogP contribution in [0, 0.1) is 0 Å². The van der Waals surface area contributed by atoms with Crippen molar-refractivity contribution in [3.05, 3.63) is 23.9 Å². The van der Waals surface area contributed by atoms with Crippen molar-refractivity contribution < 1.29 is 9.53 Å². The third-order valence-corrected chi connectivity index (χ3v) is 4.41. The second-order valence-electron chi connectivity index (χ2n) is 8.09. The normalized spacial score (nSPS) is 15.2. The topological polar surface area (TPSA) is 94.1 Å². The highest BCUT2D eigenvalue weighted by atomic mass is 127. The third-order valence-electron chi connectivity index (χ3n) is 4.41. The number of carbonyl (C=O) groups is 1. The van der Waals surface area contributed by atoms with Gasteiger partial charge in [0.15, 0.2) is 5.96 Å². The molecule has 1 fully saturated rings. The van der Waals surface area contributed by atoms with Gasteiger partial charge in [0.1, 0.15) is 11.4 Å². The molecule has 0 spiro atoms. The summed E-state index contributed by atoms with van der Waals surface area (Å²) in [6.45, 7) is 11.2. The zero-order valence-corrected chi connectivity index (χ0v) is 21.0. The van der Waals surface area contributed by atoms with Gasteiger partial charge in [-0.3, -0.25) is 4.99 Å². The minimum absolute atomic E-state index is 0. The molecular formula is C20H36IN7O2. The fourth-order valence-electron chi connectivity index (χ4n) is 2.85. The number of likely N-dealkylation sites (N-methyl/N-ethyl adjacent to an activating group) is 1. The molecule has 2 rings (SSSR count). The summed E-state index contributed by atoms with van der Waals surface area (Å²) in [4.78, 5) is 25.0.